The van der Waals surface area contributed by atoms with E-state index in [-0.39, 0.29) is 5.91 Å². The summed E-state index contributed by atoms with van der Waals surface area (Å²) in [7, 11) is 0. The van der Waals surface area contributed by atoms with Gasteiger partial charge in [0.05, 0.1) is 5.69 Å². The lowest BCUT2D eigenvalue weighted by Crippen LogP contribution is -2.55. The zero-order chi connectivity index (χ0) is 11.7. The fraction of sp³-hybridized carbons (Fsp3) is 0.636. The molecule has 1 saturated heterocycles. The molecule has 16 heavy (non-hydrogen) atoms. The van der Waals surface area contributed by atoms with E-state index < -0.39 is 0 Å². The van der Waals surface area contributed by atoms with Gasteiger partial charge in [-0.15, -0.1) is 0 Å². The van der Waals surface area contributed by atoms with E-state index in [9.17, 15) is 4.79 Å². The van der Waals surface area contributed by atoms with E-state index in [2.05, 4.69) is 24.1 Å². The first kappa shape index (κ1) is 11.1. The van der Waals surface area contributed by atoms with Crippen molar-refractivity contribution < 1.29 is 9.21 Å². The van der Waals surface area contributed by atoms with Crippen LogP contribution >= 0.6 is 0 Å². The molecule has 0 spiro atoms. The maximum absolute atomic E-state index is 12.1. The van der Waals surface area contributed by atoms with Crippen molar-refractivity contribution in [2.45, 2.75) is 32.9 Å². The molecule has 0 aromatic carbocycles. The summed E-state index contributed by atoms with van der Waals surface area (Å²) in [6, 6.07) is 0.631. The highest BCUT2D eigenvalue weighted by molar-refractivity contribution is 5.92. The van der Waals surface area contributed by atoms with Crippen LogP contribution in [0.3, 0.4) is 0 Å². The highest BCUT2D eigenvalue weighted by Crippen LogP contribution is 2.12. The zero-order valence-corrected chi connectivity index (χ0v) is 9.86. The molecule has 88 valence electrons. The maximum Gasteiger partial charge on any atom is 0.291 e. The molecule has 0 saturated carbocycles. The van der Waals surface area contributed by atoms with Crippen molar-refractivity contribution >= 4 is 5.91 Å². The van der Waals surface area contributed by atoms with Crippen LogP contribution in [0, 0.1) is 6.92 Å². The van der Waals surface area contributed by atoms with E-state index in [0.717, 1.165) is 0 Å². The fourth-order valence-corrected chi connectivity index (χ4v) is 2.14. The smallest absolute Gasteiger partial charge is 0.291 e. The zero-order valence-electron chi connectivity index (χ0n) is 9.86. The van der Waals surface area contributed by atoms with Crippen molar-refractivity contribution in [2.24, 2.45) is 0 Å². The fourth-order valence-electron chi connectivity index (χ4n) is 2.14. The summed E-state index contributed by atoms with van der Waals surface area (Å²) in [6.07, 6.45) is 1.32. The molecule has 1 fully saturated rings. The molecule has 5 nitrogen and oxygen atoms in total. The number of carbonyl (C=O) groups excluding carboxylic acids is 1. The van der Waals surface area contributed by atoms with Crippen LogP contribution < -0.4 is 5.32 Å². The van der Waals surface area contributed by atoms with Gasteiger partial charge in [0.25, 0.3) is 5.91 Å². The third kappa shape index (κ3) is 2.09. The summed E-state index contributed by atoms with van der Waals surface area (Å²) >= 11 is 0. The number of piperazine rings is 1. The van der Waals surface area contributed by atoms with Gasteiger partial charge in [0.15, 0.2) is 6.39 Å². The largest absolute Gasteiger partial charge is 0.438 e. The van der Waals surface area contributed by atoms with E-state index in [4.69, 9.17) is 4.42 Å². The Morgan fingerprint density at radius 3 is 2.62 bits per heavy atom. The summed E-state index contributed by atoms with van der Waals surface area (Å²) in [4.78, 5) is 17.9. The quantitative estimate of drug-likeness (QED) is 0.765. The molecule has 0 bridgehead atoms. The summed E-state index contributed by atoms with van der Waals surface area (Å²) in [5, 5.41) is 3.38. The molecular weight excluding hydrogens is 206 g/mol. The molecule has 1 aliphatic heterocycles. The molecule has 2 rings (SSSR count). The van der Waals surface area contributed by atoms with Crippen molar-refractivity contribution in [1.82, 2.24) is 15.2 Å². The van der Waals surface area contributed by atoms with Gasteiger partial charge in [0.1, 0.15) is 0 Å². The third-order valence-corrected chi connectivity index (χ3v) is 2.78. The second-order valence-corrected chi connectivity index (χ2v) is 4.45. The molecule has 1 aromatic rings. The Balaban J connectivity index is 2.13. The Bertz CT molecular complexity index is 378. The average Bonchev–Trinajstić information content (AvgIpc) is 2.62. The molecular formula is C11H17N3O2. The molecule has 0 radical (unpaired) electrons. The van der Waals surface area contributed by atoms with Crippen molar-refractivity contribution in [3.8, 4) is 0 Å². The van der Waals surface area contributed by atoms with Gasteiger partial charge in [-0.05, 0) is 20.8 Å². The lowest BCUT2D eigenvalue weighted by atomic mass is 10.1. The first-order valence-corrected chi connectivity index (χ1v) is 5.53. The number of aromatic nitrogens is 1. The lowest BCUT2D eigenvalue weighted by Gasteiger charge is -2.35. The SMILES string of the molecule is Cc1ncoc1C(=O)N1CC(C)NC(C)C1. The Labute approximate surface area is 94.8 Å². The Hall–Kier alpha value is -1.36. The number of amides is 1. The van der Waals surface area contributed by atoms with Gasteiger partial charge in [-0.25, -0.2) is 4.98 Å². The van der Waals surface area contributed by atoms with Crippen molar-refractivity contribution in [3.05, 3.63) is 17.8 Å². The van der Waals surface area contributed by atoms with E-state index in [1.54, 1.807) is 6.92 Å². The minimum atomic E-state index is -0.0600. The van der Waals surface area contributed by atoms with Crippen LogP contribution in [0.25, 0.3) is 0 Å². The van der Waals surface area contributed by atoms with Gasteiger partial charge < -0.3 is 14.6 Å². The molecule has 2 heterocycles. The molecule has 1 aliphatic rings. The number of nitrogens with zero attached hydrogens (tertiary/aromatic N) is 2. The second kappa shape index (κ2) is 4.25. The van der Waals surface area contributed by atoms with Gasteiger partial charge >= 0.3 is 0 Å². The van der Waals surface area contributed by atoms with Gasteiger partial charge in [0.2, 0.25) is 5.76 Å². The highest BCUT2D eigenvalue weighted by atomic mass is 16.3. The van der Waals surface area contributed by atoms with Crippen LogP contribution in [0.4, 0.5) is 0 Å². The maximum atomic E-state index is 12.1. The van der Waals surface area contributed by atoms with Crippen molar-refractivity contribution in [1.29, 1.82) is 0 Å². The van der Waals surface area contributed by atoms with E-state index in [1.165, 1.54) is 6.39 Å². The van der Waals surface area contributed by atoms with Crippen LogP contribution in [-0.4, -0.2) is 41.0 Å². The van der Waals surface area contributed by atoms with E-state index >= 15 is 0 Å². The lowest BCUT2D eigenvalue weighted by molar-refractivity contribution is 0.0641. The van der Waals surface area contributed by atoms with Crippen LogP contribution in [0.15, 0.2) is 10.8 Å². The van der Waals surface area contributed by atoms with Crippen LogP contribution in [-0.2, 0) is 0 Å². The predicted octanol–water partition coefficient (Wildman–Crippen LogP) is 0.805. The van der Waals surface area contributed by atoms with Crippen molar-refractivity contribution in [3.63, 3.8) is 0 Å². The Morgan fingerprint density at radius 2 is 2.12 bits per heavy atom. The highest BCUT2D eigenvalue weighted by Gasteiger charge is 2.28. The third-order valence-electron chi connectivity index (χ3n) is 2.78. The Morgan fingerprint density at radius 1 is 1.50 bits per heavy atom. The van der Waals surface area contributed by atoms with Gasteiger partial charge in [-0.3, -0.25) is 4.79 Å². The van der Waals surface area contributed by atoms with Gasteiger partial charge in [-0.2, -0.15) is 0 Å². The minimum Gasteiger partial charge on any atom is -0.438 e. The Kier molecular flexibility index (Phi) is 2.96. The molecule has 1 amide bonds. The minimum absolute atomic E-state index is 0.0600. The predicted molar refractivity (Wildman–Crippen MR) is 59.2 cm³/mol. The number of hydrogen-bond acceptors (Lipinski definition) is 4. The molecule has 5 heteroatoms. The monoisotopic (exact) mass is 223 g/mol. The van der Waals surface area contributed by atoms with Crippen LogP contribution in [0.2, 0.25) is 0 Å². The number of hydrogen-bond donors (Lipinski definition) is 1. The standard InChI is InChI=1S/C11H17N3O2/c1-7-4-14(5-8(2)13-7)11(15)10-9(3)12-6-16-10/h6-8,13H,4-5H2,1-3H3. The molecule has 1 aromatic heterocycles. The van der Waals surface area contributed by atoms with Gasteiger partial charge in [-0.1, -0.05) is 0 Å². The number of aryl methyl sites for hydroxylation is 1. The van der Waals surface area contributed by atoms with Crippen LogP contribution in [0.1, 0.15) is 30.1 Å². The number of nitrogens with one attached hydrogen (secondary N) is 1. The van der Waals surface area contributed by atoms with E-state index in [1.807, 2.05) is 4.90 Å². The second-order valence-electron chi connectivity index (χ2n) is 4.45. The van der Waals surface area contributed by atoms with Gasteiger partial charge in [0, 0.05) is 25.2 Å². The first-order chi connectivity index (χ1) is 7.58. The summed E-state index contributed by atoms with van der Waals surface area (Å²) < 4.78 is 5.13. The summed E-state index contributed by atoms with van der Waals surface area (Å²) in [6.45, 7) is 7.35. The molecule has 2 atom stereocenters. The number of oxazole rings is 1. The first-order valence-electron chi connectivity index (χ1n) is 5.53. The molecule has 1 N–H and O–H groups in total. The topological polar surface area (TPSA) is 58.4 Å². The van der Waals surface area contributed by atoms with E-state index in [0.29, 0.717) is 36.6 Å². The molecule has 2 unspecified atom stereocenters. The molecule has 0 aliphatic carbocycles. The normalized spacial score (nSPS) is 25.8. The van der Waals surface area contributed by atoms with Crippen LogP contribution in [0.5, 0.6) is 0 Å². The van der Waals surface area contributed by atoms with Crippen molar-refractivity contribution in [2.75, 3.05) is 13.1 Å². The summed E-state index contributed by atoms with van der Waals surface area (Å²) in [5.41, 5.74) is 0.656. The summed E-state index contributed by atoms with van der Waals surface area (Å²) in [5.74, 6) is 0.302. The number of carbonyl (C=O) groups is 1. The average molecular weight is 223 g/mol. The number of rotatable bonds is 1.